The van der Waals surface area contributed by atoms with Crippen molar-refractivity contribution in [2.24, 2.45) is 5.73 Å². The lowest BCUT2D eigenvalue weighted by Gasteiger charge is -2.42. The zero-order valence-corrected chi connectivity index (χ0v) is 20.5. The second kappa shape index (κ2) is 8.93. The number of ether oxygens (including phenoxy) is 3. The summed E-state index contributed by atoms with van der Waals surface area (Å²) in [5, 5.41) is 32.9. The number of ketones is 2. The molecular formula is C27H31NO8. The van der Waals surface area contributed by atoms with Crippen molar-refractivity contribution in [2.45, 2.75) is 75.8 Å². The van der Waals surface area contributed by atoms with E-state index in [1.54, 1.807) is 31.2 Å². The zero-order valence-electron chi connectivity index (χ0n) is 20.5. The third kappa shape index (κ3) is 3.82. The number of fused-ring (bicyclic) bond motifs is 3. The predicted octanol–water partition coefficient (Wildman–Crippen LogP) is 2.14. The Hall–Kier alpha value is -2.82. The van der Waals surface area contributed by atoms with Crippen LogP contribution in [-0.2, 0) is 15.9 Å². The largest absolute Gasteiger partial charge is 0.507 e. The van der Waals surface area contributed by atoms with Crippen molar-refractivity contribution in [1.82, 2.24) is 0 Å². The number of carbonyl (C=O) groups is 2. The van der Waals surface area contributed by atoms with E-state index in [4.69, 9.17) is 19.9 Å². The molecule has 0 bridgehead atoms. The summed E-state index contributed by atoms with van der Waals surface area (Å²) in [6.07, 6.45) is -2.05. The van der Waals surface area contributed by atoms with Crippen LogP contribution in [0.4, 0.5) is 0 Å². The highest BCUT2D eigenvalue weighted by atomic mass is 16.7. The summed E-state index contributed by atoms with van der Waals surface area (Å²) in [6.45, 7) is 3.54. The molecule has 36 heavy (non-hydrogen) atoms. The third-order valence-corrected chi connectivity index (χ3v) is 7.75. The zero-order chi connectivity index (χ0) is 25.9. The van der Waals surface area contributed by atoms with Gasteiger partial charge < -0.3 is 35.3 Å². The fourth-order valence-corrected chi connectivity index (χ4v) is 5.66. The summed E-state index contributed by atoms with van der Waals surface area (Å²) in [6, 6.07) is 5.82. The van der Waals surface area contributed by atoms with Crippen molar-refractivity contribution >= 4 is 11.6 Å². The Morgan fingerprint density at radius 2 is 1.94 bits per heavy atom. The lowest BCUT2D eigenvalue weighted by Crippen LogP contribution is -2.52. The van der Waals surface area contributed by atoms with Crippen molar-refractivity contribution in [1.29, 1.82) is 0 Å². The SMILES string of the molecule is CCC1(O)Cc2cc3c(c(O)c2C(OC2CC(N)C(O)C(C)O2)C1)C(=O)c1c(OC)cccc1C3=O. The minimum Gasteiger partial charge on any atom is -0.507 e. The van der Waals surface area contributed by atoms with E-state index in [9.17, 15) is 24.9 Å². The normalized spacial score (nSPS) is 31.4. The molecule has 2 aliphatic carbocycles. The van der Waals surface area contributed by atoms with Crippen LogP contribution in [0.5, 0.6) is 11.5 Å². The number of nitrogens with two attached hydrogens (primary N) is 1. The summed E-state index contributed by atoms with van der Waals surface area (Å²) in [4.78, 5) is 27.0. The molecule has 5 N–H and O–H groups in total. The van der Waals surface area contributed by atoms with Crippen molar-refractivity contribution in [2.75, 3.05) is 7.11 Å². The Morgan fingerprint density at radius 3 is 2.61 bits per heavy atom. The summed E-state index contributed by atoms with van der Waals surface area (Å²) in [5.41, 5.74) is 6.10. The number of benzene rings is 2. The molecule has 1 aliphatic heterocycles. The molecule has 2 aromatic carbocycles. The van der Waals surface area contributed by atoms with Gasteiger partial charge in [0.25, 0.3) is 0 Å². The topological polar surface area (TPSA) is 149 Å². The van der Waals surface area contributed by atoms with Crippen LogP contribution in [0.3, 0.4) is 0 Å². The summed E-state index contributed by atoms with van der Waals surface area (Å²) < 4.78 is 17.4. The highest BCUT2D eigenvalue weighted by molar-refractivity contribution is 6.30. The first kappa shape index (κ1) is 24.9. The van der Waals surface area contributed by atoms with Crippen LogP contribution < -0.4 is 10.5 Å². The molecule has 6 atom stereocenters. The molecule has 0 aromatic heterocycles. The number of aromatic hydroxyl groups is 1. The number of carbonyl (C=O) groups excluding carboxylic acids is 2. The number of hydrogen-bond acceptors (Lipinski definition) is 9. The van der Waals surface area contributed by atoms with Crippen LogP contribution in [0.25, 0.3) is 0 Å². The molecule has 192 valence electrons. The number of aliphatic hydroxyl groups is 2. The smallest absolute Gasteiger partial charge is 0.201 e. The van der Waals surface area contributed by atoms with Gasteiger partial charge in [-0.2, -0.15) is 0 Å². The van der Waals surface area contributed by atoms with Crippen LogP contribution in [0.2, 0.25) is 0 Å². The molecule has 0 amide bonds. The number of hydrogen-bond donors (Lipinski definition) is 4. The molecular weight excluding hydrogens is 466 g/mol. The van der Waals surface area contributed by atoms with E-state index in [1.165, 1.54) is 7.11 Å². The second-order valence-electron chi connectivity index (χ2n) is 10.0. The monoisotopic (exact) mass is 497 g/mol. The van der Waals surface area contributed by atoms with Gasteiger partial charge in [-0.15, -0.1) is 0 Å². The van der Waals surface area contributed by atoms with Crippen LogP contribution in [0.15, 0.2) is 24.3 Å². The first-order valence-electron chi connectivity index (χ1n) is 12.2. The van der Waals surface area contributed by atoms with E-state index in [0.717, 1.165) is 0 Å². The lowest BCUT2D eigenvalue weighted by molar-refractivity contribution is -0.247. The molecule has 5 rings (SSSR count). The van der Waals surface area contributed by atoms with Crippen molar-refractivity contribution in [3.05, 3.63) is 57.6 Å². The molecule has 1 saturated heterocycles. The molecule has 0 spiro atoms. The fourth-order valence-electron chi connectivity index (χ4n) is 5.66. The first-order valence-corrected chi connectivity index (χ1v) is 12.2. The van der Waals surface area contributed by atoms with E-state index in [0.29, 0.717) is 17.5 Å². The average Bonchev–Trinajstić information content (AvgIpc) is 2.84. The number of methoxy groups -OCH3 is 1. The van der Waals surface area contributed by atoms with Crippen molar-refractivity contribution < 1.29 is 39.1 Å². The van der Waals surface area contributed by atoms with Gasteiger partial charge in [0.1, 0.15) is 11.5 Å². The Kier molecular flexibility index (Phi) is 6.17. The predicted molar refractivity (Wildman–Crippen MR) is 128 cm³/mol. The minimum absolute atomic E-state index is 0.0868. The van der Waals surface area contributed by atoms with Gasteiger partial charge >= 0.3 is 0 Å². The standard InChI is InChI=1S/C27H31NO8/c1-4-27(33)10-13-8-15-22(26(32)21-14(24(15)30)6-5-7-17(21)34-3)25(31)20(13)18(11-27)36-19-9-16(28)23(29)12(2)35-19/h5-8,12,16,18-19,23,29,31,33H,4,9-11,28H2,1-3H3. The summed E-state index contributed by atoms with van der Waals surface area (Å²) in [5.74, 6) is -1.00. The molecule has 2 aromatic rings. The van der Waals surface area contributed by atoms with Gasteiger partial charge in [0.15, 0.2) is 12.1 Å². The van der Waals surface area contributed by atoms with Gasteiger partial charge in [-0.05, 0) is 31.0 Å². The number of phenols is 1. The van der Waals surface area contributed by atoms with Gasteiger partial charge in [0, 0.05) is 42.0 Å². The van der Waals surface area contributed by atoms with E-state index in [1.807, 2.05) is 6.92 Å². The highest BCUT2D eigenvalue weighted by Crippen LogP contribution is 2.49. The Morgan fingerprint density at radius 1 is 1.19 bits per heavy atom. The minimum atomic E-state index is -1.15. The Labute approximate surface area is 208 Å². The quantitative estimate of drug-likeness (QED) is 0.425. The summed E-state index contributed by atoms with van der Waals surface area (Å²) in [7, 11) is 1.41. The molecule has 9 heteroatoms. The summed E-state index contributed by atoms with van der Waals surface area (Å²) >= 11 is 0. The lowest BCUT2D eigenvalue weighted by atomic mass is 9.73. The molecule has 0 saturated carbocycles. The maximum absolute atomic E-state index is 13.6. The fraction of sp³-hybridized carbons (Fsp3) is 0.481. The maximum Gasteiger partial charge on any atom is 0.201 e. The molecule has 1 fully saturated rings. The van der Waals surface area contributed by atoms with Crippen LogP contribution in [-0.4, -0.2) is 64.1 Å². The number of aliphatic hydroxyl groups excluding tert-OH is 1. The van der Waals surface area contributed by atoms with Crippen LogP contribution in [0, 0.1) is 0 Å². The van der Waals surface area contributed by atoms with Crippen molar-refractivity contribution in [3.63, 3.8) is 0 Å². The van der Waals surface area contributed by atoms with Gasteiger partial charge in [0.2, 0.25) is 5.78 Å². The van der Waals surface area contributed by atoms with Gasteiger partial charge in [-0.25, -0.2) is 0 Å². The molecule has 6 unspecified atom stereocenters. The number of rotatable bonds is 4. The molecule has 0 radical (unpaired) electrons. The van der Waals surface area contributed by atoms with E-state index >= 15 is 0 Å². The van der Waals surface area contributed by atoms with E-state index in [2.05, 4.69) is 0 Å². The van der Waals surface area contributed by atoms with Crippen LogP contribution >= 0.6 is 0 Å². The number of phenolic OH excluding ortho intramolecular Hbond substituents is 1. The Balaban J connectivity index is 1.62. The van der Waals surface area contributed by atoms with E-state index < -0.39 is 47.8 Å². The van der Waals surface area contributed by atoms with Gasteiger partial charge in [-0.1, -0.05) is 19.1 Å². The molecule has 3 aliphatic rings. The second-order valence-corrected chi connectivity index (χ2v) is 10.0. The maximum atomic E-state index is 13.6. The van der Waals surface area contributed by atoms with Crippen molar-refractivity contribution in [3.8, 4) is 11.5 Å². The molecule has 9 nitrogen and oxygen atoms in total. The first-order chi connectivity index (χ1) is 17.1. The van der Waals surface area contributed by atoms with Gasteiger partial charge in [-0.3, -0.25) is 9.59 Å². The third-order valence-electron chi connectivity index (χ3n) is 7.75. The average molecular weight is 498 g/mol. The molecule has 1 heterocycles. The Bertz CT molecular complexity index is 1230. The highest BCUT2D eigenvalue weighted by Gasteiger charge is 2.45. The van der Waals surface area contributed by atoms with Crippen LogP contribution in [0.1, 0.15) is 82.2 Å². The van der Waals surface area contributed by atoms with E-state index in [-0.39, 0.29) is 53.0 Å². The van der Waals surface area contributed by atoms with Gasteiger partial charge in [0.05, 0.1) is 42.1 Å².